The van der Waals surface area contributed by atoms with Crippen LogP contribution in [0.4, 0.5) is 5.95 Å². The van der Waals surface area contributed by atoms with E-state index in [1.165, 1.54) is 10.4 Å². The highest BCUT2D eigenvalue weighted by molar-refractivity contribution is 7.15. The highest BCUT2D eigenvalue weighted by Crippen LogP contribution is 2.25. The number of H-pyrrole nitrogens is 1. The number of thiazole rings is 1. The highest BCUT2D eigenvalue weighted by Gasteiger charge is 2.04. The molecule has 0 fully saturated rings. The van der Waals surface area contributed by atoms with Crippen LogP contribution in [0.1, 0.15) is 5.01 Å². The lowest BCUT2D eigenvalue weighted by Crippen LogP contribution is -1.99. The van der Waals surface area contributed by atoms with Crippen molar-refractivity contribution in [2.75, 3.05) is 5.32 Å². The number of aromatic amines is 1. The average molecular weight is 256 g/mol. The molecule has 0 saturated carbocycles. The van der Waals surface area contributed by atoms with Crippen molar-refractivity contribution in [3.8, 4) is 10.4 Å². The number of hydrogen-bond acceptors (Lipinski definition) is 4. The smallest absolute Gasteiger partial charge is 0.200 e. The van der Waals surface area contributed by atoms with Crippen LogP contribution in [0, 0.1) is 0 Å². The van der Waals surface area contributed by atoms with Crippen molar-refractivity contribution in [1.82, 2.24) is 15.0 Å². The van der Waals surface area contributed by atoms with Crippen molar-refractivity contribution >= 4 is 17.3 Å². The number of benzene rings is 1. The largest absolute Gasteiger partial charge is 0.349 e. The fraction of sp³-hybridized carbons (Fsp3) is 0.0769. The van der Waals surface area contributed by atoms with E-state index in [4.69, 9.17) is 0 Å². The minimum atomic E-state index is 0.686. The second kappa shape index (κ2) is 5.01. The zero-order valence-electron chi connectivity index (χ0n) is 9.63. The number of rotatable bonds is 4. The topological polar surface area (TPSA) is 53.6 Å². The zero-order chi connectivity index (χ0) is 12.2. The van der Waals surface area contributed by atoms with Gasteiger partial charge in [-0.25, -0.2) is 9.97 Å². The zero-order valence-corrected chi connectivity index (χ0v) is 10.4. The maximum Gasteiger partial charge on any atom is 0.200 e. The number of anilines is 1. The fourth-order valence-corrected chi connectivity index (χ4v) is 2.51. The summed E-state index contributed by atoms with van der Waals surface area (Å²) < 4.78 is 0. The Morgan fingerprint density at radius 2 is 2.06 bits per heavy atom. The van der Waals surface area contributed by atoms with Crippen molar-refractivity contribution in [2.45, 2.75) is 6.54 Å². The first-order valence-electron chi connectivity index (χ1n) is 5.65. The lowest BCUT2D eigenvalue weighted by atomic mass is 10.2. The molecule has 0 saturated heterocycles. The Kier molecular flexibility index (Phi) is 3.06. The molecule has 0 unspecified atom stereocenters. The average Bonchev–Trinajstić information content (AvgIpc) is 3.09. The van der Waals surface area contributed by atoms with Gasteiger partial charge in [-0.15, -0.1) is 11.3 Å². The molecule has 2 N–H and O–H groups in total. The second-order valence-corrected chi connectivity index (χ2v) is 4.89. The van der Waals surface area contributed by atoms with Gasteiger partial charge in [-0.2, -0.15) is 0 Å². The van der Waals surface area contributed by atoms with Gasteiger partial charge in [0.1, 0.15) is 5.01 Å². The van der Waals surface area contributed by atoms with Gasteiger partial charge < -0.3 is 10.3 Å². The molecule has 0 atom stereocenters. The lowest BCUT2D eigenvalue weighted by Gasteiger charge is -1.98. The summed E-state index contributed by atoms with van der Waals surface area (Å²) in [7, 11) is 0. The molecule has 2 aromatic heterocycles. The van der Waals surface area contributed by atoms with E-state index in [0.717, 1.165) is 11.0 Å². The van der Waals surface area contributed by atoms with Gasteiger partial charge in [0, 0.05) is 18.6 Å². The molecule has 3 rings (SSSR count). The molecule has 0 spiro atoms. The summed E-state index contributed by atoms with van der Waals surface area (Å²) in [5, 5.41) is 4.23. The SMILES string of the molecule is c1ccc(-c2cnc(CNc3ncc[nH]3)s2)cc1. The van der Waals surface area contributed by atoms with E-state index in [1.807, 2.05) is 24.4 Å². The molecule has 1 aromatic carbocycles. The number of imidazole rings is 1. The van der Waals surface area contributed by atoms with E-state index >= 15 is 0 Å². The fourth-order valence-electron chi connectivity index (χ4n) is 1.65. The van der Waals surface area contributed by atoms with Crippen LogP contribution in [0.5, 0.6) is 0 Å². The van der Waals surface area contributed by atoms with Crippen LogP contribution in [0.3, 0.4) is 0 Å². The summed E-state index contributed by atoms with van der Waals surface area (Å²) in [6.45, 7) is 0.686. The standard InChI is InChI=1S/C13H12N4S/c1-2-4-10(5-3-1)11-8-16-12(18-11)9-17-13-14-6-7-15-13/h1-8H,9H2,(H2,14,15,17). The van der Waals surface area contributed by atoms with E-state index in [2.05, 4.69) is 32.4 Å². The van der Waals surface area contributed by atoms with Gasteiger partial charge in [0.15, 0.2) is 5.95 Å². The van der Waals surface area contributed by atoms with Crippen molar-refractivity contribution in [3.63, 3.8) is 0 Å². The van der Waals surface area contributed by atoms with Gasteiger partial charge in [-0.3, -0.25) is 0 Å². The van der Waals surface area contributed by atoms with E-state index in [0.29, 0.717) is 6.54 Å². The van der Waals surface area contributed by atoms with Crippen LogP contribution < -0.4 is 5.32 Å². The van der Waals surface area contributed by atoms with Crippen molar-refractivity contribution in [2.24, 2.45) is 0 Å². The van der Waals surface area contributed by atoms with Crippen LogP contribution >= 0.6 is 11.3 Å². The Balaban J connectivity index is 1.70. The molecule has 0 radical (unpaired) electrons. The van der Waals surface area contributed by atoms with Gasteiger partial charge in [0.2, 0.25) is 0 Å². The Morgan fingerprint density at radius 1 is 1.17 bits per heavy atom. The van der Waals surface area contributed by atoms with Crippen LogP contribution in [0.25, 0.3) is 10.4 Å². The van der Waals surface area contributed by atoms with Crippen LogP contribution in [0.2, 0.25) is 0 Å². The molecule has 0 bridgehead atoms. The second-order valence-electron chi connectivity index (χ2n) is 3.78. The van der Waals surface area contributed by atoms with Crippen molar-refractivity contribution in [1.29, 1.82) is 0 Å². The molecule has 90 valence electrons. The molecule has 3 aromatic rings. The predicted molar refractivity (Wildman–Crippen MR) is 73.5 cm³/mol. The third-order valence-electron chi connectivity index (χ3n) is 2.52. The quantitative estimate of drug-likeness (QED) is 0.754. The van der Waals surface area contributed by atoms with Gasteiger partial charge in [0.25, 0.3) is 0 Å². The maximum absolute atomic E-state index is 4.41. The molecular formula is C13H12N4S. The Hall–Kier alpha value is -2.14. The summed E-state index contributed by atoms with van der Waals surface area (Å²) >= 11 is 1.69. The Morgan fingerprint density at radius 3 is 2.83 bits per heavy atom. The summed E-state index contributed by atoms with van der Waals surface area (Å²) in [4.78, 5) is 12.7. The molecule has 4 nitrogen and oxygen atoms in total. The summed E-state index contributed by atoms with van der Waals surface area (Å²) in [6.07, 6.45) is 5.43. The number of aromatic nitrogens is 3. The van der Waals surface area contributed by atoms with Crippen molar-refractivity contribution < 1.29 is 0 Å². The molecule has 18 heavy (non-hydrogen) atoms. The predicted octanol–water partition coefficient (Wildman–Crippen LogP) is 3.15. The molecule has 0 aliphatic heterocycles. The molecule has 0 aliphatic rings. The molecule has 2 heterocycles. The van der Waals surface area contributed by atoms with Gasteiger partial charge in [0.05, 0.1) is 11.4 Å². The molecule has 0 amide bonds. The Labute approximate surface area is 109 Å². The first-order valence-corrected chi connectivity index (χ1v) is 6.47. The van der Waals surface area contributed by atoms with Crippen molar-refractivity contribution in [3.05, 3.63) is 53.9 Å². The minimum Gasteiger partial charge on any atom is -0.349 e. The maximum atomic E-state index is 4.41. The summed E-state index contributed by atoms with van der Waals surface area (Å²) in [5.74, 6) is 0.770. The number of hydrogen-bond donors (Lipinski definition) is 2. The number of nitrogens with zero attached hydrogens (tertiary/aromatic N) is 2. The first kappa shape index (κ1) is 11.0. The third kappa shape index (κ3) is 2.41. The lowest BCUT2D eigenvalue weighted by molar-refractivity contribution is 1.06. The Bertz CT molecular complexity index is 601. The molecular weight excluding hydrogens is 244 g/mol. The van der Waals surface area contributed by atoms with E-state index in [-0.39, 0.29) is 0 Å². The van der Waals surface area contributed by atoms with Gasteiger partial charge >= 0.3 is 0 Å². The van der Waals surface area contributed by atoms with Crippen LogP contribution in [0.15, 0.2) is 48.9 Å². The van der Waals surface area contributed by atoms with Gasteiger partial charge in [-0.1, -0.05) is 30.3 Å². The monoisotopic (exact) mass is 256 g/mol. The first-order chi connectivity index (χ1) is 8.92. The summed E-state index contributed by atoms with van der Waals surface area (Å²) in [5.41, 5.74) is 1.21. The summed E-state index contributed by atoms with van der Waals surface area (Å²) in [6, 6.07) is 10.3. The van der Waals surface area contributed by atoms with E-state index < -0.39 is 0 Å². The third-order valence-corrected chi connectivity index (χ3v) is 3.56. The van der Waals surface area contributed by atoms with E-state index in [1.54, 1.807) is 23.7 Å². The van der Waals surface area contributed by atoms with Crippen LogP contribution in [-0.2, 0) is 6.54 Å². The number of nitrogens with one attached hydrogen (secondary N) is 2. The molecule has 5 heteroatoms. The van der Waals surface area contributed by atoms with E-state index in [9.17, 15) is 0 Å². The molecule has 0 aliphatic carbocycles. The van der Waals surface area contributed by atoms with Crippen LogP contribution in [-0.4, -0.2) is 15.0 Å². The normalized spacial score (nSPS) is 10.4. The highest BCUT2D eigenvalue weighted by atomic mass is 32.1. The minimum absolute atomic E-state index is 0.686. The van der Waals surface area contributed by atoms with Gasteiger partial charge in [-0.05, 0) is 5.56 Å².